The van der Waals surface area contributed by atoms with Gasteiger partial charge in [-0.1, -0.05) is 0 Å². The average molecular weight is 200 g/mol. The molecule has 1 N–H and O–H groups in total. The number of nitrogens with one attached hydrogen (secondary N) is 1. The van der Waals surface area contributed by atoms with Crippen molar-refractivity contribution in [3.8, 4) is 0 Å². The molecule has 15 heavy (non-hydrogen) atoms. The Morgan fingerprint density at radius 1 is 1.20 bits per heavy atom. The SMILES string of the molecule is Cc1cc(C)c2c3c([nH]c2n1)CCCC3. The topological polar surface area (TPSA) is 28.7 Å². The average Bonchev–Trinajstić information content (AvgIpc) is 2.54. The second kappa shape index (κ2) is 3.09. The van der Waals surface area contributed by atoms with Crippen molar-refractivity contribution in [2.24, 2.45) is 0 Å². The molecule has 0 unspecified atom stereocenters. The molecule has 1 aliphatic rings. The predicted octanol–water partition coefficient (Wildman–Crippen LogP) is 3.06. The van der Waals surface area contributed by atoms with E-state index in [1.165, 1.54) is 47.9 Å². The van der Waals surface area contributed by atoms with E-state index in [9.17, 15) is 0 Å². The molecule has 2 aromatic heterocycles. The molecular weight excluding hydrogens is 184 g/mol. The normalized spacial score (nSPS) is 15.6. The first kappa shape index (κ1) is 8.96. The fourth-order valence-electron chi connectivity index (χ4n) is 2.77. The van der Waals surface area contributed by atoms with Gasteiger partial charge in [0.1, 0.15) is 5.65 Å². The highest BCUT2D eigenvalue weighted by atomic mass is 14.9. The van der Waals surface area contributed by atoms with Gasteiger partial charge < -0.3 is 4.98 Å². The van der Waals surface area contributed by atoms with E-state index >= 15 is 0 Å². The summed E-state index contributed by atoms with van der Waals surface area (Å²) in [6, 6.07) is 2.19. The van der Waals surface area contributed by atoms with Crippen LogP contribution in [0, 0.1) is 13.8 Å². The van der Waals surface area contributed by atoms with E-state index in [0.29, 0.717) is 0 Å². The van der Waals surface area contributed by atoms with Crippen molar-refractivity contribution in [3.05, 3.63) is 28.6 Å². The quantitative estimate of drug-likeness (QED) is 0.695. The molecular formula is C13H16N2. The van der Waals surface area contributed by atoms with Gasteiger partial charge in [0.15, 0.2) is 0 Å². The fraction of sp³-hybridized carbons (Fsp3) is 0.462. The fourth-order valence-corrected chi connectivity index (χ4v) is 2.77. The van der Waals surface area contributed by atoms with Crippen molar-refractivity contribution in [1.82, 2.24) is 9.97 Å². The first-order valence-electron chi connectivity index (χ1n) is 5.73. The molecule has 0 saturated heterocycles. The van der Waals surface area contributed by atoms with Crippen LogP contribution in [-0.2, 0) is 12.8 Å². The van der Waals surface area contributed by atoms with Crippen LogP contribution >= 0.6 is 0 Å². The van der Waals surface area contributed by atoms with E-state index in [1.54, 1.807) is 0 Å². The van der Waals surface area contributed by atoms with Crippen LogP contribution in [0.25, 0.3) is 11.0 Å². The number of H-pyrrole nitrogens is 1. The van der Waals surface area contributed by atoms with Crippen molar-refractivity contribution in [2.45, 2.75) is 39.5 Å². The molecule has 0 radical (unpaired) electrons. The lowest BCUT2D eigenvalue weighted by molar-refractivity contribution is 0.679. The Kier molecular flexibility index (Phi) is 1.84. The highest BCUT2D eigenvalue weighted by molar-refractivity contribution is 5.85. The molecule has 0 saturated carbocycles. The Bertz CT molecular complexity index is 523. The van der Waals surface area contributed by atoms with E-state index in [4.69, 9.17) is 0 Å². The van der Waals surface area contributed by atoms with E-state index in [-0.39, 0.29) is 0 Å². The van der Waals surface area contributed by atoms with Gasteiger partial charge in [-0.2, -0.15) is 0 Å². The first-order valence-corrected chi connectivity index (χ1v) is 5.73. The molecule has 78 valence electrons. The van der Waals surface area contributed by atoms with Crippen molar-refractivity contribution < 1.29 is 0 Å². The van der Waals surface area contributed by atoms with Crippen LogP contribution in [-0.4, -0.2) is 9.97 Å². The Labute approximate surface area is 89.7 Å². The molecule has 2 heteroatoms. The lowest BCUT2D eigenvalue weighted by atomic mass is 9.94. The Morgan fingerprint density at radius 2 is 2.00 bits per heavy atom. The number of fused-ring (bicyclic) bond motifs is 3. The first-order chi connectivity index (χ1) is 7.25. The van der Waals surface area contributed by atoms with E-state index in [1.807, 2.05) is 0 Å². The largest absolute Gasteiger partial charge is 0.343 e. The van der Waals surface area contributed by atoms with Crippen molar-refractivity contribution >= 4 is 11.0 Å². The summed E-state index contributed by atoms with van der Waals surface area (Å²) in [5.41, 5.74) is 6.54. The van der Waals surface area contributed by atoms with Crippen LogP contribution in [0.15, 0.2) is 6.07 Å². The molecule has 0 amide bonds. The zero-order valence-electron chi connectivity index (χ0n) is 9.35. The third-order valence-corrected chi connectivity index (χ3v) is 3.38. The van der Waals surface area contributed by atoms with Crippen molar-refractivity contribution in [2.75, 3.05) is 0 Å². The molecule has 0 bridgehead atoms. The molecule has 0 spiro atoms. The number of pyridine rings is 1. The summed E-state index contributed by atoms with van der Waals surface area (Å²) < 4.78 is 0. The number of rotatable bonds is 0. The van der Waals surface area contributed by atoms with Gasteiger partial charge in [-0.25, -0.2) is 4.98 Å². The second-order valence-electron chi connectivity index (χ2n) is 4.59. The number of hydrogen-bond donors (Lipinski definition) is 1. The van der Waals surface area contributed by atoms with E-state index in [2.05, 4.69) is 29.9 Å². The maximum absolute atomic E-state index is 4.59. The summed E-state index contributed by atoms with van der Waals surface area (Å²) in [6.07, 6.45) is 5.07. The standard InChI is InChI=1S/C13H16N2/c1-8-7-9(2)14-13-12(8)10-5-3-4-6-11(10)15-13/h7H,3-6H2,1-2H3,(H,14,15). The Hall–Kier alpha value is -1.31. The van der Waals surface area contributed by atoms with Crippen molar-refractivity contribution in [3.63, 3.8) is 0 Å². The molecule has 2 nitrogen and oxygen atoms in total. The molecule has 0 fully saturated rings. The Balaban J connectivity index is 2.37. The number of hydrogen-bond acceptors (Lipinski definition) is 1. The lowest BCUT2D eigenvalue weighted by Crippen LogP contribution is -2.00. The third kappa shape index (κ3) is 1.28. The van der Waals surface area contributed by atoms with Gasteiger partial charge in [0.05, 0.1) is 0 Å². The highest BCUT2D eigenvalue weighted by Crippen LogP contribution is 2.30. The molecule has 0 aliphatic heterocycles. The molecule has 0 aromatic carbocycles. The lowest BCUT2D eigenvalue weighted by Gasteiger charge is -2.10. The molecule has 2 aromatic rings. The number of aryl methyl sites for hydroxylation is 4. The molecule has 3 rings (SSSR count). The maximum atomic E-state index is 4.59. The summed E-state index contributed by atoms with van der Waals surface area (Å²) in [4.78, 5) is 8.07. The summed E-state index contributed by atoms with van der Waals surface area (Å²) in [5.74, 6) is 0. The monoisotopic (exact) mass is 200 g/mol. The summed E-state index contributed by atoms with van der Waals surface area (Å²) in [6.45, 7) is 4.26. The number of aromatic nitrogens is 2. The zero-order valence-corrected chi connectivity index (χ0v) is 9.35. The van der Waals surface area contributed by atoms with Crippen LogP contribution in [0.4, 0.5) is 0 Å². The van der Waals surface area contributed by atoms with Gasteiger partial charge in [-0.3, -0.25) is 0 Å². The number of nitrogens with zero attached hydrogens (tertiary/aromatic N) is 1. The summed E-state index contributed by atoms with van der Waals surface area (Å²) >= 11 is 0. The molecule has 2 heterocycles. The van der Waals surface area contributed by atoms with Gasteiger partial charge in [-0.05, 0) is 56.7 Å². The predicted molar refractivity (Wildman–Crippen MR) is 62.2 cm³/mol. The summed E-state index contributed by atoms with van der Waals surface area (Å²) in [7, 11) is 0. The minimum atomic E-state index is 1.10. The van der Waals surface area contributed by atoms with Gasteiger partial charge in [-0.15, -0.1) is 0 Å². The second-order valence-corrected chi connectivity index (χ2v) is 4.59. The minimum absolute atomic E-state index is 1.10. The van der Waals surface area contributed by atoms with Gasteiger partial charge in [0.25, 0.3) is 0 Å². The van der Waals surface area contributed by atoms with E-state index in [0.717, 1.165) is 11.3 Å². The van der Waals surface area contributed by atoms with E-state index < -0.39 is 0 Å². The summed E-state index contributed by atoms with van der Waals surface area (Å²) in [5, 5.41) is 1.38. The third-order valence-electron chi connectivity index (χ3n) is 3.38. The van der Waals surface area contributed by atoms with Crippen LogP contribution in [0.2, 0.25) is 0 Å². The van der Waals surface area contributed by atoms with Gasteiger partial charge in [0.2, 0.25) is 0 Å². The van der Waals surface area contributed by atoms with Crippen molar-refractivity contribution in [1.29, 1.82) is 0 Å². The number of aromatic amines is 1. The van der Waals surface area contributed by atoms with Crippen LogP contribution < -0.4 is 0 Å². The zero-order chi connectivity index (χ0) is 10.4. The maximum Gasteiger partial charge on any atom is 0.138 e. The van der Waals surface area contributed by atoms with Gasteiger partial charge >= 0.3 is 0 Å². The molecule has 0 atom stereocenters. The smallest absolute Gasteiger partial charge is 0.138 e. The van der Waals surface area contributed by atoms with Crippen LogP contribution in [0.5, 0.6) is 0 Å². The van der Waals surface area contributed by atoms with Crippen LogP contribution in [0.3, 0.4) is 0 Å². The highest BCUT2D eigenvalue weighted by Gasteiger charge is 2.17. The van der Waals surface area contributed by atoms with Gasteiger partial charge in [0, 0.05) is 16.8 Å². The minimum Gasteiger partial charge on any atom is -0.343 e. The van der Waals surface area contributed by atoms with Crippen LogP contribution in [0.1, 0.15) is 35.4 Å². The Morgan fingerprint density at radius 3 is 2.87 bits per heavy atom. The molecule has 1 aliphatic carbocycles.